The van der Waals surface area contributed by atoms with Crippen molar-refractivity contribution in [1.82, 2.24) is 4.31 Å². The molecule has 1 fully saturated rings. The number of sulfonamides is 1. The van der Waals surface area contributed by atoms with Crippen molar-refractivity contribution >= 4 is 43.2 Å². The summed E-state index contributed by atoms with van der Waals surface area (Å²) in [5.74, 6) is -0.0703. The number of halogens is 1. The van der Waals surface area contributed by atoms with Crippen LogP contribution < -0.4 is 9.80 Å². The lowest BCUT2D eigenvalue weighted by molar-refractivity contribution is -0.116. The minimum atomic E-state index is -3.68. The second-order valence-corrected chi connectivity index (χ2v) is 11.2. The quantitative estimate of drug-likeness (QED) is 0.634. The molecule has 0 bridgehead atoms. The number of carbonyl (C=O) groups excluding carboxylic acids is 1. The van der Waals surface area contributed by atoms with Crippen molar-refractivity contribution < 1.29 is 13.2 Å². The average Bonchev–Trinajstić information content (AvgIpc) is 3.04. The van der Waals surface area contributed by atoms with Gasteiger partial charge in [-0.15, -0.1) is 0 Å². The molecule has 0 N–H and O–H groups in total. The van der Waals surface area contributed by atoms with Gasteiger partial charge in [0, 0.05) is 55.0 Å². The molecule has 4 rings (SSSR count). The highest BCUT2D eigenvalue weighted by Crippen LogP contribution is 2.39. The van der Waals surface area contributed by atoms with Crippen molar-refractivity contribution in [2.24, 2.45) is 0 Å². The zero-order valence-electron chi connectivity index (χ0n) is 18.4. The van der Waals surface area contributed by atoms with Crippen molar-refractivity contribution in [3.05, 3.63) is 51.5 Å². The van der Waals surface area contributed by atoms with Crippen molar-refractivity contribution in [3.8, 4) is 0 Å². The summed E-state index contributed by atoms with van der Waals surface area (Å²) in [5, 5.41) is 0. The lowest BCUT2D eigenvalue weighted by Crippen LogP contribution is -2.49. The first-order valence-electron chi connectivity index (χ1n) is 10.5. The van der Waals surface area contributed by atoms with Crippen LogP contribution in [0.5, 0.6) is 0 Å². The maximum atomic E-state index is 13.5. The van der Waals surface area contributed by atoms with Crippen LogP contribution in [-0.4, -0.2) is 50.9 Å². The first-order chi connectivity index (χ1) is 14.6. The molecule has 166 valence electrons. The van der Waals surface area contributed by atoms with Crippen molar-refractivity contribution in [2.75, 3.05) is 36.0 Å². The van der Waals surface area contributed by atoms with E-state index in [2.05, 4.69) is 46.8 Å². The third kappa shape index (κ3) is 3.90. The van der Waals surface area contributed by atoms with Gasteiger partial charge in [0.15, 0.2) is 0 Å². The minimum Gasteiger partial charge on any atom is -0.369 e. The zero-order chi connectivity index (χ0) is 22.5. The highest BCUT2D eigenvalue weighted by Gasteiger charge is 2.35. The van der Waals surface area contributed by atoms with Crippen LogP contribution in [0.25, 0.3) is 0 Å². The maximum absolute atomic E-state index is 13.5. The summed E-state index contributed by atoms with van der Waals surface area (Å²) in [5.41, 5.74) is 5.34. The third-order valence-electron chi connectivity index (χ3n) is 6.46. The van der Waals surface area contributed by atoms with Crippen LogP contribution in [0, 0.1) is 13.8 Å². The monoisotopic (exact) mass is 505 g/mol. The van der Waals surface area contributed by atoms with Crippen LogP contribution in [0.1, 0.15) is 30.5 Å². The lowest BCUT2D eigenvalue weighted by atomic mass is 10.1. The van der Waals surface area contributed by atoms with Gasteiger partial charge in [-0.2, -0.15) is 4.31 Å². The molecule has 2 aromatic carbocycles. The van der Waals surface area contributed by atoms with Gasteiger partial charge in [-0.1, -0.05) is 12.1 Å². The zero-order valence-corrected chi connectivity index (χ0v) is 20.8. The Bertz CT molecular complexity index is 1140. The molecule has 2 aromatic rings. The molecular formula is C23H28BrN3O3S. The summed E-state index contributed by atoms with van der Waals surface area (Å²) in [6, 6.07) is 9.78. The molecule has 1 atom stereocenters. The SMILES string of the molecule is CC(=O)N1c2cc(S(=O)(=O)N3CCN(c4cccc(C)c4C)CC3)c(Br)cc2CC1C. The number of hydrogen-bond acceptors (Lipinski definition) is 4. The molecule has 0 aromatic heterocycles. The molecule has 2 aliphatic heterocycles. The number of rotatable bonds is 3. The highest BCUT2D eigenvalue weighted by atomic mass is 79.9. The van der Waals surface area contributed by atoms with Crippen molar-refractivity contribution in [2.45, 2.75) is 45.1 Å². The summed E-state index contributed by atoms with van der Waals surface area (Å²) < 4.78 is 29.1. The van der Waals surface area contributed by atoms with Crippen LogP contribution in [0.4, 0.5) is 11.4 Å². The van der Waals surface area contributed by atoms with Crippen molar-refractivity contribution in [1.29, 1.82) is 0 Å². The average molecular weight is 506 g/mol. The second-order valence-electron chi connectivity index (χ2n) is 8.46. The topological polar surface area (TPSA) is 60.9 Å². The fraction of sp³-hybridized carbons (Fsp3) is 0.435. The van der Waals surface area contributed by atoms with E-state index in [9.17, 15) is 13.2 Å². The van der Waals surface area contributed by atoms with E-state index in [1.807, 2.05) is 19.1 Å². The normalized spacial score (nSPS) is 19.6. The fourth-order valence-corrected chi connectivity index (χ4v) is 7.18. The number of amides is 1. The Morgan fingerprint density at radius 1 is 1.06 bits per heavy atom. The van der Waals surface area contributed by atoms with Crippen LogP contribution >= 0.6 is 15.9 Å². The first-order valence-corrected chi connectivity index (χ1v) is 12.8. The first kappa shape index (κ1) is 22.3. The Morgan fingerprint density at radius 3 is 2.39 bits per heavy atom. The summed E-state index contributed by atoms with van der Waals surface area (Å²) in [6.45, 7) is 9.83. The molecule has 2 heterocycles. The molecular weight excluding hydrogens is 478 g/mol. The number of nitrogens with zero attached hydrogens (tertiary/aromatic N) is 3. The molecule has 0 spiro atoms. The van der Waals surface area contributed by atoms with E-state index in [-0.39, 0.29) is 16.8 Å². The second kappa shape index (κ2) is 8.22. The van der Waals surface area contributed by atoms with Gasteiger partial charge in [0.2, 0.25) is 15.9 Å². The van der Waals surface area contributed by atoms with Gasteiger partial charge in [0.1, 0.15) is 0 Å². The Kier molecular flexibility index (Phi) is 5.91. The molecule has 0 aliphatic carbocycles. The Labute approximate surface area is 193 Å². The summed E-state index contributed by atoms with van der Waals surface area (Å²) in [7, 11) is -3.68. The Balaban J connectivity index is 1.59. The Hall–Kier alpha value is -1.90. The van der Waals surface area contributed by atoms with E-state index in [0.29, 0.717) is 36.3 Å². The van der Waals surface area contributed by atoms with E-state index in [1.165, 1.54) is 23.7 Å². The lowest BCUT2D eigenvalue weighted by Gasteiger charge is -2.36. The van der Waals surface area contributed by atoms with E-state index < -0.39 is 10.0 Å². The third-order valence-corrected chi connectivity index (χ3v) is 9.32. The number of aryl methyl sites for hydroxylation is 1. The molecule has 8 heteroatoms. The van der Waals surface area contributed by atoms with Gasteiger partial charge in [-0.05, 0) is 78.0 Å². The number of hydrogen-bond donors (Lipinski definition) is 0. The highest BCUT2D eigenvalue weighted by molar-refractivity contribution is 9.10. The van der Waals surface area contributed by atoms with Gasteiger partial charge < -0.3 is 9.80 Å². The van der Waals surface area contributed by atoms with E-state index >= 15 is 0 Å². The molecule has 0 radical (unpaired) electrons. The van der Waals surface area contributed by atoms with Gasteiger partial charge in [0.25, 0.3) is 0 Å². The summed E-state index contributed by atoms with van der Waals surface area (Å²) in [6.07, 6.45) is 0.725. The van der Waals surface area contributed by atoms with E-state index in [1.54, 1.807) is 15.3 Å². The number of benzene rings is 2. The van der Waals surface area contributed by atoms with E-state index in [4.69, 9.17) is 0 Å². The number of fused-ring (bicyclic) bond motifs is 1. The predicted molar refractivity (Wildman–Crippen MR) is 127 cm³/mol. The van der Waals surface area contributed by atoms with Crippen molar-refractivity contribution in [3.63, 3.8) is 0 Å². The predicted octanol–water partition coefficient (Wildman–Crippen LogP) is 3.87. The van der Waals surface area contributed by atoms with Gasteiger partial charge >= 0.3 is 0 Å². The molecule has 1 unspecified atom stereocenters. The minimum absolute atomic E-state index is 0.0264. The van der Waals surface area contributed by atoms with Gasteiger partial charge in [-0.25, -0.2) is 8.42 Å². The van der Waals surface area contributed by atoms with Crippen LogP contribution in [-0.2, 0) is 21.2 Å². The van der Waals surface area contributed by atoms with Crippen LogP contribution in [0.3, 0.4) is 0 Å². The number of carbonyl (C=O) groups is 1. The maximum Gasteiger partial charge on any atom is 0.244 e. The molecule has 2 aliphatic rings. The molecule has 0 saturated carbocycles. The largest absolute Gasteiger partial charge is 0.369 e. The molecule has 1 saturated heterocycles. The van der Waals surface area contributed by atoms with Gasteiger partial charge in [0.05, 0.1) is 4.90 Å². The smallest absolute Gasteiger partial charge is 0.244 e. The van der Waals surface area contributed by atoms with Gasteiger partial charge in [-0.3, -0.25) is 4.79 Å². The van der Waals surface area contributed by atoms with Crippen LogP contribution in [0.15, 0.2) is 39.7 Å². The number of piperazine rings is 1. The molecule has 1 amide bonds. The summed E-state index contributed by atoms with van der Waals surface area (Å²) >= 11 is 3.48. The number of anilines is 2. The Morgan fingerprint density at radius 2 is 1.74 bits per heavy atom. The van der Waals surface area contributed by atoms with E-state index in [0.717, 1.165) is 12.0 Å². The van der Waals surface area contributed by atoms with Crippen LogP contribution in [0.2, 0.25) is 0 Å². The standard InChI is InChI=1S/C23H28BrN3O3S/c1-15-6-5-7-21(17(15)3)25-8-10-26(11-9-25)31(29,30)23-14-22-19(13-20(23)24)12-16(2)27(22)18(4)28/h5-7,13-14,16H,8-12H2,1-4H3. The fourth-order valence-electron chi connectivity index (χ4n) is 4.68. The molecule has 6 nitrogen and oxygen atoms in total. The molecule has 31 heavy (non-hydrogen) atoms. The summed E-state index contributed by atoms with van der Waals surface area (Å²) in [4.78, 5) is 16.3.